The fraction of sp³-hybridized carbons (Fsp3) is 0.261. The molecule has 0 saturated carbocycles. The Morgan fingerprint density at radius 2 is 1.97 bits per heavy atom. The molecule has 0 spiro atoms. The standard InChI is InChI=1S/C23H24FN3O4/c1-5-12-31-19-11-10-16(13-20(19)30-4)14-25-27-23(29)21(15(2)3)26-22(28)17-8-6-7-9-18(17)24/h1,6-11,13-15,21H,12H2,2-4H3,(H,26,28)(H,27,29)/b25-14+. The molecule has 7 nitrogen and oxygen atoms in total. The molecule has 2 N–H and O–H groups in total. The zero-order valence-electron chi connectivity index (χ0n) is 17.5. The van der Waals surface area contributed by atoms with Crippen LogP contribution in [0.1, 0.15) is 29.8 Å². The van der Waals surface area contributed by atoms with Crippen molar-refractivity contribution < 1.29 is 23.5 Å². The molecule has 1 unspecified atom stereocenters. The zero-order chi connectivity index (χ0) is 22.8. The second kappa shape index (κ2) is 11.4. The summed E-state index contributed by atoms with van der Waals surface area (Å²) in [5, 5.41) is 6.48. The van der Waals surface area contributed by atoms with Crippen LogP contribution in [-0.4, -0.2) is 37.8 Å². The van der Waals surface area contributed by atoms with E-state index in [9.17, 15) is 14.0 Å². The number of halogens is 1. The molecule has 0 aliphatic rings. The molecular weight excluding hydrogens is 401 g/mol. The lowest BCUT2D eigenvalue weighted by atomic mass is 10.0. The van der Waals surface area contributed by atoms with E-state index in [0.717, 1.165) is 0 Å². The number of hydrogen-bond donors (Lipinski definition) is 2. The number of carbonyl (C=O) groups is 2. The number of carbonyl (C=O) groups excluding carboxylic acids is 2. The third-order valence-corrected chi connectivity index (χ3v) is 4.24. The van der Waals surface area contributed by atoms with Crippen LogP contribution in [0, 0.1) is 24.1 Å². The van der Waals surface area contributed by atoms with Gasteiger partial charge in [0.2, 0.25) is 0 Å². The van der Waals surface area contributed by atoms with Crippen LogP contribution in [0.2, 0.25) is 0 Å². The Morgan fingerprint density at radius 3 is 2.61 bits per heavy atom. The predicted molar refractivity (Wildman–Crippen MR) is 116 cm³/mol. The maximum atomic E-state index is 13.8. The van der Waals surface area contributed by atoms with Gasteiger partial charge in [-0.1, -0.05) is 31.9 Å². The highest BCUT2D eigenvalue weighted by atomic mass is 19.1. The normalized spacial score (nSPS) is 11.6. The van der Waals surface area contributed by atoms with E-state index >= 15 is 0 Å². The highest BCUT2D eigenvalue weighted by Crippen LogP contribution is 2.27. The fourth-order valence-corrected chi connectivity index (χ4v) is 2.64. The zero-order valence-corrected chi connectivity index (χ0v) is 17.5. The second-order valence-corrected chi connectivity index (χ2v) is 6.81. The first kappa shape index (κ1) is 23.4. The van der Waals surface area contributed by atoms with Crippen molar-refractivity contribution in [2.24, 2.45) is 11.0 Å². The lowest BCUT2D eigenvalue weighted by molar-refractivity contribution is -0.123. The van der Waals surface area contributed by atoms with E-state index in [0.29, 0.717) is 17.1 Å². The van der Waals surface area contributed by atoms with Crippen molar-refractivity contribution in [3.8, 4) is 23.8 Å². The van der Waals surface area contributed by atoms with E-state index in [1.54, 1.807) is 38.1 Å². The molecule has 0 saturated heterocycles. The summed E-state index contributed by atoms with van der Waals surface area (Å²) in [5.74, 6) is 1.20. The minimum Gasteiger partial charge on any atom is -0.493 e. The van der Waals surface area contributed by atoms with Crippen molar-refractivity contribution >= 4 is 18.0 Å². The first-order chi connectivity index (χ1) is 14.9. The van der Waals surface area contributed by atoms with Gasteiger partial charge in [-0.25, -0.2) is 9.82 Å². The van der Waals surface area contributed by atoms with Gasteiger partial charge in [0, 0.05) is 0 Å². The Kier molecular flexibility index (Phi) is 8.58. The monoisotopic (exact) mass is 425 g/mol. The number of nitrogens with one attached hydrogen (secondary N) is 2. The van der Waals surface area contributed by atoms with Crippen LogP contribution in [0.4, 0.5) is 4.39 Å². The maximum Gasteiger partial charge on any atom is 0.262 e. The minimum absolute atomic E-state index is 0.106. The quantitative estimate of drug-likeness (QED) is 0.367. The van der Waals surface area contributed by atoms with Crippen LogP contribution < -0.4 is 20.2 Å². The topological polar surface area (TPSA) is 89.0 Å². The third kappa shape index (κ3) is 6.57. The molecule has 2 rings (SSSR count). The second-order valence-electron chi connectivity index (χ2n) is 6.81. The first-order valence-electron chi connectivity index (χ1n) is 9.50. The summed E-state index contributed by atoms with van der Waals surface area (Å²) in [4.78, 5) is 24.9. The number of nitrogens with zero attached hydrogens (tertiary/aromatic N) is 1. The van der Waals surface area contributed by atoms with Crippen LogP contribution in [0.5, 0.6) is 11.5 Å². The Morgan fingerprint density at radius 1 is 1.23 bits per heavy atom. The number of methoxy groups -OCH3 is 1. The fourth-order valence-electron chi connectivity index (χ4n) is 2.64. The van der Waals surface area contributed by atoms with Crippen molar-refractivity contribution in [1.82, 2.24) is 10.7 Å². The number of hydrazone groups is 1. The Bertz CT molecular complexity index is 999. The lowest BCUT2D eigenvalue weighted by Crippen LogP contribution is -2.48. The Hall–Kier alpha value is -3.86. The van der Waals surface area contributed by atoms with Gasteiger partial charge in [-0.3, -0.25) is 9.59 Å². The lowest BCUT2D eigenvalue weighted by Gasteiger charge is -2.20. The number of benzene rings is 2. The number of hydrogen-bond acceptors (Lipinski definition) is 5. The highest BCUT2D eigenvalue weighted by molar-refractivity contribution is 5.98. The summed E-state index contributed by atoms with van der Waals surface area (Å²) in [5.41, 5.74) is 2.90. The van der Waals surface area contributed by atoms with Crippen LogP contribution in [0.3, 0.4) is 0 Å². The largest absolute Gasteiger partial charge is 0.493 e. The molecule has 1 atom stereocenters. The SMILES string of the molecule is C#CCOc1ccc(/C=N/NC(=O)C(NC(=O)c2ccccc2F)C(C)C)cc1OC. The molecule has 2 amide bonds. The summed E-state index contributed by atoms with van der Waals surface area (Å²) in [7, 11) is 1.49. The minimum atomic E-state index is -0.904. The van der Waals surface area contributed by atoms with Gasteiger partial charge in [0.1, 0.15) is 18.5 Å². The van der Waals surface area contributed by atoms with Crippen molar-refractivity contribution in [3.63, 3.8) is 0 Å². The number of rotatable bonds is 9. The van der Waals surface area contributed by atoms with Gasteiger partial charge in [-0.15, -0.1) is 6.42 Å². The van der Waals surface area contributed by atoms with E-state index in [1.807, 2.05) is 0 Å². The molecule has 0 radical (unpaired) electrons. The highest BCUT2D eigenvalue weighted by Gasteiger charge is 2.25. The van der Waals surface area contributed by atoms with Crippen molar-refractivity contribution in [2.75, 3.05) is 13.7 Å². The van der Waals surface area contributed by atoms with Crippen molar-refractivity contribution in [3.05, 3.63) is 59.4 Å². The summed E-state index contributed by atoms with van der Waals surface area (Å²) < 4.78 is 24.5. The van der Waals surface area contributed by atoms with Crippen LogP contribution in [0.15, 0.2) is 47.6 Å². The van der Waals surface area contributed by atoms with E-state index < -0.39 is 23.7 Å². The average molecular weight is 425 g/mol. The molecule has 0 bridgehead atoms. The van der Waals surface area contributed by atoms with Crippen molar-refractivity contribution in [2.45, 2.75) is 19.9 Å². The molecule has 2 aromatic rings. The molecule has 8 heteroatoms. The summed E-state index contributed by atoms with van der Waals surface area (Å²) in [6.45, 7) is 3.62. The molecule has 31 heavy (non-hydrogen) atoms. The Balaban J connectivity index is 2.04. The number of amides is 2. The van der Waals surface area contributed by atoms with Crippen LogP contribution in [0.25, 0.3) is 0 Å². The van der Waals surface area contributed by atoms with Gasteiger partial charge in [0.25, 0.3) is 11.8 Å². The summed E-state index contributed by atoms with van der Waals surface area (Å²) in [6.07, 6.45) is 6.60. The smallest absolute Gasteiger partial charge is 0.262 e. The molecule has 162 valence electrons. The van der Waals surface area contributed by atoms with Gasteiger partial charge in [0.15, 0.2) is 11.5 Å². The summed E-state index contributed by atoms with van der Waals surface area (Å²) in [6, 6.07) is 9.71. The van der Waals surface area contributed by atoms with E-state index in [-0.39, 0.29) is 18.1 Å². The number of terminal acetylenes is 1. The van der Waals surface area contributed by atoms with Gasteiger partial charge in [0.05, 0.1) is 18.9 Å². The van der Waals surface area contributed by atoms with E-state index in [1.165, 1.54) is 31.5 Å². The van der Waals surface area contributed by atoms with Crippen LogP contribution >= 0.6 is 0 Å². The summed E-state index contributed by atoms with van der Waals surface area (Å²) >= 11 is 0. The molecule has 0 aliphatic heterocycles. The van der Waals surface area contributed by atoms with E-state index in [4.69, 9.17) is 15.9 Å². The molecule has 0 heterocycles. The maximum absolute atomic E-state index is 13.8. The first-order valence-corrected chi connectivity index (χ1v) is 9.50. The van der Waals surface area contributed by atoms with Gasteiger partial charge in [-0.05, 0) is 41.8 Å². The van der Waals surface area contributed by atoms with Crippen LogP contribution in [-0.2, 0) is 4.79 Å². The molecule has 0 aliphatic carbocycles. The number of ether oxygens (including phenoxy) is 2. The van der Waals surface area contributed by atoms with Gasteiger partial charge < -0.3 is 14.8 Å². The Labute approximate surface area is 180 Å². The van der Waals surface area contributed by atoms with Crippen molar-refractivity contribution in [1.29, 1.82) is 0 Å². The molecule has 0 fully saturated rings. The molecule has 2 aromatic carbocycles. The van der Waals surface area contributed by atoms with Gasteiger partial charge >= 0.3 is 0 Å². The average Bonchev–Trinajstić information content (AvgIpc) is 2.76. The molecular formula is C23H24FN3O4. The van der Waals surface area contributed by atoms with Gasteiger partial charge in [-0.2, -0.15) is 5.10 Å². The molecule has 0 aromatic heterocycles. The van der Waals surface area contributed by atoms with E-state index in [2.05, 4.69) is 21.8 Å². The third-order valence-electron chi connectivity index (χ3n) is 4.24. The predicted octanol–water partition coefficient (Wildman–Crippen LogP) is 2.75.